The fraction of sp³-hybridized carbons (Fsp3) is 0.0952. The van der Waals surface area contributed by atoms with Gasteiger partial charge < -0.3 is 14.8 Å². The van der Waals surface area contributed by atoms with Crippen molar-refractivity contribution in [3.8, 4) is 22.1 Å². The highest BCUT2D eigenvalue weighted by molar-refractivity contribution is 7.21. The Morgan fingerprint density at radius 2 is 1.86 bits per heavy atom. The van der Waals surface area contributed by atoms with Crippen molar-refractivity contribution in [2.45, 2.75) is 0 Å². The van der Waals surface area contributed by atoms with E-state index in [1.54, 1.807) is 31.5 Å². The number of carbonyl (C=O) groups is 1. The van der Waals surface area contributed by atoms with Crippen LogP contribution in [-0.2, 0) is 0 Å². The van der Waals surface area contributed by atoms with E-state index < -0.39 is 0 Å². The molecule has 0 unspecified atom stereocenters. The van der Waals surface area contributed by atoms with Crippen molar-refractivity contribution in [2.75, 3.05) is 19.5 Å². The molecule has 0 aliphatic carbocycles. The van der Waals surface area contributed by atoms with Crippen molar-refractivity contribution in [3.63, 3.8) is 0 Å². The van der Waals surface area contributed by atoms with Crippen LogP contribution >= 0.6 is 11.3 Å². The Kier molecular flexibility index (Phi) is 4.90. The Morgan fingerprint density at radius 3 is 2.57 bits per heavy atom. The molecule has 0 fully saturated rings. The van der Waals surface area contributed by atoms with Crippen LogP contribution in [0.2, 0.25) is 0 Å². The van der Waals surface area contributed by atoms with Crippen molar-refractivity contribution in [1.29, 1.82) is 0 Å². The van der Waals surface area contributed by atoms with E-state index in [4.69, 9.17) is 9.47 Å². The number of pyridine rings is 1. The van der Waals surface area contributed by atoms with Crippen LogP contribution in [0.5, 0.6) is 11.5 Å². The quantitative estimate of drug-likeness (QED) is 0.537. The fourth-order valence-electron chi connectivity index (χ4n) is 2.77. The highest BCUT2D eigenvalue weighted by Gasteiger charge is 2.14. The lowest BCUT2D eigenvalue weighted by atomic mass is 10.1. The van der Waals surface area contributed by atoms with E-state index in [-0.39, 0.29) is 5.91 Å². The Bertz CT molecular complexity index is 1110. The van der Waals surface area contributed by atoms with E-state index in [1.807, 2.05) is 36.4 Å². The maximum atomic E-state index is 12.6. The second-order valence-electron chi connectivity index (χ2n) is 5.94. The van der Waals surface area contributed by atoms with E-state index in [0.29, 0.717) is 22.7 Å². The number of ether oxygens (including phenoxy) is 2. The van der Waals surface area contributed by atoms with Gasteiger partial charge in [0.05, 0.1) is 19.8 Å². The summed E-state index contributed by atoms with van der Waals surface area (Å²) >= 11 is 1.54. The Balaban J connectivity index is 1.54. The number of anilines is 1. The Labute approximate surface area is 165 Å². The van der Waals surface area contributed by atoms with Crippen LogP contribution in [0.3, 0.4) is 0 Å². The van der Waals surface area contributed by atoms with Gasteiger partial charge in [0.15, 0.2) is 0 Å². The molecule has 0 saturated heterocycles. The van der Waals surface area contributed by atoms with Crippen molar-refractivity contribution in [1.82, 2.24) is 9.97 Å². The molecule has 1 N–H and O–H groups in total. The predicted octanol–water partition coefficient (Wildman–Crippen LogP) is 4.63. The number of rotatable bonds is 5. The van der Waals surface area contributed by atoms with Gasteiger partial charge in [-0.2, -0.15) is 0 Å². The monoisotopic (exact) mass is 391 g/mol. The number of hydrogen-bond acceptors (Lipinski definition) is 6. The molecule has 6 nitrogen and oxygen atoms in total. The van der Waals surface area contributed by atoms with E-state index >= 15 is 0 Å². The van der Waals surface area contributed by atoms with Crippen LogP contribution in [0.1, 0.15) is 10.4 Å². The molecule has 0 aliphatic rings. The number of fused-ring (bicyclic) bond motifs is 1. The summed E-state index contributed by atoms with van der Waals surface area (Å²) in [7, 11) is 3.09. The summed E-state index contributed by atoms with van der Waals surface area (Å²) in [4.78, 5) is 22.4. The van der Waals surface area contributed by atoms with Gasteiger partial charge in [0.1, 0.15) is 26.9 Å². The molecule has 7 heteroatoms. The van der Waals surface area contributed by atoms with Gasteiger partial charge in [-0.1, -0.05) is 11.3 Å². The smallest absolute Gasteiger partial charge is 0.259 e. The van der Waals surface area contributed by atoms with Gasteiger partial charge in [0, 0.05) is 23.5 Å². The SMILES string of the molecule is COc1ccc(C(=O)Nc2ccc(-c3nc4cccnc4s3)cc2)c(OC)c1. The molecule has 2 aromatic carbocycles. The third kappa shape index (κ3) is 3.52. The number of methoxy groups -OCH3 is 2. The summed E-state index contributed by atoms with van der Waals surface area (Å²) < 4.78 is 10.5. The number of amides is 1. The number of nitrogens with one attached hydrogen (secondary N) is 1. The van der Waals surface area contributed by atoms with Crippen LogP contribution in [0.15, 0.2) is 60.8 Å². The van der Waals surface area contributed by atoms with Gasteiger partial charge in [-0.25, -0.2) is 9.97 Å². The minimum absolute atomic E-state index is 0.253. The second kappa shape index (κ2) is 7.66. The zero-order chi connectivity index (χ0) is 19.5. The number of nitrogens with zero attached hydrogens (tertiary/aromatic N) is 2. The topological polar surface area (TPSA) is 73.3 Å². The van der Waals surface area contributed by atoms with E-state index in [9.17, 15) is 4.79 Å². The number of benzene rings is 2. The molecule has 4 rings (SSSR count). The Hall–Kier alpha value is -3.45. The van der Waals surface area contributed by atoms with Crippen molar-refractivity contribution < 1.29 is 14.3 Å². The number of hydrogen-bond donors (Lipinski definition) is 1. The molecule has 0 atom stereocenters. The van der Waals surface area contributed by atoms with Crippen molar-refractivity contribution >= 4 is 33.3 Å². The highest BCUT2D eigenvalue weighted by atomic mass is 32.1. The molecule has 0 radical (unpaired) electrons. The average molecular weight is 391 g/mol. The molecule has 28 heavy (non-hydrogen) atoms. The van der Waals surface area contributed by atoms with E-state index in [2.05, 4.69) is 15.3 Å². The second-order valence-corrected chi connectivity index (χ2v) is 6.92. The van der Waals surface area contributed by atoms with Crippen molar-refractivity contribution in [2.24, 2.45) is 0 Å². The molecule has 0 saturated carbocycles. The number of thiazole rings is 1. The minimum atomic E-state index is -0.253. The molecule has 2 aromatic heterocycles. The summed E-state index contributed by atoms with van der Waals surface area (Å²) in [6.45, 7) is 0. The summed E-state index contributed by atoms with van der Waals surface area (Å²) in [6, 6.07) is 16.5. The molecule has 1 amide bonds. The van der Waals surface area contributed by atoms with E-state index in [1.165, 1.54) is 18.4 Å². The number of aromatic nitrogens is 2. The fourth-order valence-corrected chi connectivity index (χ4v) is 3.69. The maximum absolute atomic E-state index is 12.6. The van der Waals surface area contributed by atoms with Gasteiger partial charge >= 0.3 is 0 Å². The zero-order valence-electron chi connectivity index (χ0n) is 15.3. The predicted molar refractivity (Wildman–Crippen MR) is 110 cm³/mol. The molecule has 0 spiro atoms. The molecular formula is C21H17N3O3S. The van der Waals surface area contributed by atoms with Crippen molar-refractivity contribution in [3.05, 3.63) is 66.4 Å². The van der Waals surface area contributed by atoms with Gasteiger partial charge in [0.25, 0.3) is 5.91 Å². The number of carbonyl (C=O) groups excluding carboxylic acids is 1. The standard InChI is InChI=1S/C21H17N3O3S/c1-26-15-9-10-16(18(12-15)27-2)19(25)23-14-7-5-13(6-8-14)20-24-17-4-3-11-22-21(17)28-20/h3-12H,1-2H3,(H,23,25). The lowest BCUT2D eigenvalue weighted by Crippen LogP contribution is -2.13. The lowest BCUT2D eigenvalue weighted by Gasteiger charge is -2.11. The third-order valence-electron chi connectivity index (χ3n) is 4.21. The largest absolute Gasteiger partial charge is 0.497 e. The third-order valence-corrected chi connectivity index (χ3v) is 5.24. The molecule has 4 aromatic rings. The zero-order valence-corrected chi connectivity index (χ0v) is 16.1. The average Bonchev–Trinajstić information content (AvgIpc) is 3.18. The first-order valence-corrected chi connectivity index (χ1v) is 9.35. The minimum Gasteiger partial charge on any atom is -0.497 e. The van der Waals surface area contributed by atoms with Crippen LogP contribution < -0.4 is 14.8 Å². The highest BCUT2D eigenvalue weighted by Crippen LogP contribution is 2.30. The summed E-state index contributed by atoms with van der Waals surface area (Å²) in [6.07, 6.45) is 1.76. The first kappa shape index (κ1) is 17.9. The van der Waals surface area contributed by atoms with Crippen LogP contribution in [0, 0.1) is 0 Å². The van der Waals surface area contributed by atoms with Crippen LogP contribution in [-0.4, -0.2) is 30.1 Å². The normalized spacial score (nSPS) is 10.6. The van der Waals surface area contributed by atoms with Gasteiger partial charge in [-0.3, -0.25) is 4.79 Å². The lowest BCUT2D eigenvalue weighted by molar-refractivity contribution is 0.102. The summed E-state index contributed by atoms with van der Waals surface area (Å²) in [5.41, 5.74) is 2.98. The molecular weight excluding hydrogens is 374 g/mol. The van der Waals surface area contributed by atoms with Gasteiger partial charge in [0.2, 0.25) is 0 Å². The summed E-state index contributed by atoms with van der Waals surface area (Å²) in [5, 5.41) is 3.78. The first-order chi connectivity index (χ1) is 13.7. The molecule has 0 bridgehead atoms. The first-order valence-electron chi connectivity index (χ1n) is 8.53. The van der Waals surface area contributed by atoms with E-state index in [0.717, 1.165) is 20.9 Å². The molecule has 140 valence electrons. The van der Waals surface area contributed by atoms with Gasteiger partial charge in [-0.15, -0.1) is 0 Å². The summed E-state index contributed by atoms with van der Waals surface area (Å²) in [5.74, 6) is 0.829. The Morgan fingerprint density at radius 1 is 1.04 bits per heavy atom. The molecule has 0 aliphatic heterocycles. The van der Waals surface area contributed by atoms with Gasteiger partial charge in [-0.05, 0) is 48.5 Å². The van der Waals surface area contributed by atoms with Crippen LogP contribution in [0.25, 0.3) is 20.9 Å². The molecule has 2 heterocycles. The van der Waals surface area contributed by atoms with Crippen LogP contribution in [0.4, 0.5) is 5.69 Å². The maximum Gasteiger partial charge on any atom is 0.259 e.